The van der Waals surface area contributed by atoms with Crippen LogP contribution in [0.5, 0.6) is 0 Å². The smallest absolute Gasteiger partial charge is 0.253 e. The first-order valence-electron chi connectivity index (χ1n) is 8.92. The van der Waals surface area contributed by atoms with E-state index in [2.05, 4.69) is 10.0 Å². The van der Waals surface area contributed by atoms with E-state index < -0.39 is 10.0 Å². The first-order chi connectivity index (χ1) is 11.8. The van der Waals surface area contributed by atoms with Crippen molar-refractivity contribution in [1.82, 2.24) is 14.9 Å². The van der Waals surface area contributed by atoms with Gasteiger partial charge in [-0.15, -0.1) is 0 Å². The maximum absolute atomic E-state index is 12.9. The molecular formula is C18H27N3O3S. The van der Waals surface area contributed by atoms with Crippen LogP contribution in [0.25, 0.3) is 0 Å². The standard InChI is InChI=1S/C18H27N3O3S/c1-12(2)20-25(23,24)17-6-4-5-13(9-17)18(22)21(3)16-10-14-7-8-15(11-16)19-14/h4-6,9,12,14-16,19-20H,7-8,10-11H2,1-3H3. The van der Waals surface area contributed by atoms with Crippen LogP contribution in [-0.4, -0.2) is 50.4 Å². The van der Waals surface area contributed by atoms with Crippen molar-refractivity contribution < 1.29 is 13.2 Å². The second-order valence-electron chi connectivity index (χ2n) is 7.48. The Morgan fingerprint density at radius 1 is 1.24 bits per heavy atom. The Bertz CT molecular complexity index is 736. The molecule has 0 radical (unpaired) electrons. The first-order valence-corrected chi connectivity index (χ1v) is 10.4. The lowest BCUT2D eigenvalue weighted by Gasteiger charge is -2.35. The molecule has 2 N–H and O–H groups in total. The quantitative estimate of drug-likeness (QED) is 0.833. The highest BCUT2D eigenvalue weighted by atomic mass is 32.2. The van der Waals surface area contributed by atoms with Gasteiger partial charge in [-0.05, 0) is 57.7 Å². The summed E-state index contributed by atoms with van der Waals surface area (Å²) in [4.78, 5) is 14.8. The summed E-state index contributed by atoms with van der Waals surface area (Å²) in [6.07, 6.45) is 4.28. The number of rotatable bonds is 5. The Morgan fingerprint density at radius 3 is 2.48 bits per heavy atom. The topological polar surface area (TPSA) is 78.5 Å². The largest absolute Gasteiger partial charge is 0.339 e. The van der Waals surface area contributed by atoms with Crippen LogP contribution >= 0.6 is 0 Å². The molecule has 6 nitrogen and oxygen atoms in total. The number of hydrogen-bond donors (Lipinski definition) is 2. The summed E-state index contributed by atoms with van der Waals surface area (Å²) >= 11 is 0. The molecule has 25 heavy (non-hydrogen) atoms. The second-order valence-corrected chi connectivity index (χ2v) is 9.20. The van der Waals surface area contributed by atoms with Crippen molar-refractivity contribution in [2.45, 2.75) is 68.6 Å². The Kier molecular flexibility index (Phi) is 5.18. The lowest BCUT2D eigenvalue weighted by atomic mass is 9.98. The minimum Gasteiger partial charge on any atom is -0.339 e. The molecule has 0 spiro atoms. The van der Waals surface area contributed by atoms with Crippen LogP contribution in [0, 0.1) is 0 Å². The maximum atomic E-state index is 12.9. The normalized spacial score (nSPS) is 26.0. The summed E-state index contributed by atoms with van der Waals surface area (Å²) in [6, 6.07) is 7.32. The van der Waals surface area contributed by atoms with Gasteiger partial charge in [-0.1, -0.05) is 6.07 Å². The molecule has 2 fully saturated rings. The van der Waals surface area contributed by atoms with Crippen LogP contribution in [-0.2, 0) is 10.0 Å². The molecule has 2 bridgehead atoms. The first kappa shape index (κ1) is 18.4. The number of hydrogen-bond acceptors (Lipinski definition) is 4. The van der Waals surface area contributed by atoms with Crippen LogP contribution in [0.2, 0.25) is 0 Å². The minimum absolute atomic E-state index is 0.118. The molecule has 0 aromatic heterocycles. The van der Waals surface area contributed by atoms with Crippen molar-refractivity contribution in [2.75, 3.05) is 7.05 Å². The van der Waals surface area contributed by atoms with Gasteiger partial charge in [0.05, 0.1) is 4.90 Å². The zero-order valence-corrected chi connectivity index (χ0v) is 15.8. The highest BCUT2D eigenvalue weighted by molar-refractivity contribution is 7.89. The molecule has 2 heterocycles. The van der Waals surface area contributed by atoms with E-state index in [0.29, 0.717) is 17.6 Å². The fourth-order valence-electron chi connectivity index (χ4n) is 3.89. The molecule has 1 aromatic rings. The molecule has 3 rings (SSSR count). The molecule has 2 saturated heterocycles. The summed E-state index contributed by atoms with van der Waals surface area (Å²) in [6.45, 7) is 3.54. The Labute approximate surface area is 150 Å². The minimum atomic E-state index is -3.60. The van der Waals surface area contributed by atoms with Crippen molar-refractivity contribution in [3.63, 3.8) is 0 Å². The van der Waals surface area contributed by atoms with E-state index in [0.717, 1.165) is 12.8 Å². The van der Waals surface area contributed by atoms with Gasteiger partial charge < -0.3 is 10.2 Å². The van der Waals surface area contributed by atoms with Gasteiger partial charge in [0.15, 0.2) is 0 Å². The highest BCUT2D eigenvalue weighted by Gasteiger charge is 2.36. The third-order valence-electron chi connectivity index (χ3n) is 5.10. The number of fused-ring (bicyclic) bond motifs is 2. The van der Waals surface area contributed by atoms with Gasteiger partial charge in [0, 0.05) is 36.8 Å². The van der Waals surface area contributed by atoms with E-state index in [9.17, 15) is 13.2 Å². The number of nitrogens with zero attached hydrogens (tertiary/aromatic N) is 1. The second kappa shape index (κ2) is 7.05. The van der Waals surface area contributed by atoms with Gasteiger partial charge in [0.1, 0.15) is 0 Å². The van der Waals surface area contributed by atoms with Crippen LogP contribution < -0.4 is 10.0 Å². The predicted molar refractivity (Wildman–Crippen MR) is 97.0 cm³/mol. The summed E-state index contributed by atoms with van der Waals surface area (Å²) in [5.41, 5.74) is 0.417. The van der Waals surface area contributed by atoms with Crippen molar-refractivity contribution in [3.05, 3.63) is 29.8 Å². The number of carbonyl (C=O) groups is 1. The van der Waals surface area contributed by atoms with Crippen molar-refractivity contribution in [3.8, 4) is 0 Å². The Balaban J connectivity index is 1.77. The molecule has 7 heteroatoms. The molecule has 1 aromatic carbocycles. The number of nitrogens with one attached hydrogen (secondary N) is 2. The third kappa shape index (κ3) is 4.04. The zero-order valence-electron chi connectivity index (χ0n) is 15.0. The average Bonchev–Trinajstić information content (AvgIpc) is 2.90. The third-order valence-corrected chi connectivity index (χ3v) is 6.75. The monoisotopic (exact) mass is 365 g/mol. The van der Waals surface area contributed by atoms with E-state index in [1.54, 1.807) is 30.9 Å². The summed E-state index contributed by atoms with van der Waals surface area (Å²) in [7, 11) is -1.78. The number of sulfonamides is 1. The van der Waals surface area contributed by atoms with Crippen molar-refractivity contribution in [2.24, 2.45) is 0 Å². The summed E-state index contributed by atoms with van der Waals surface area (Å²) in [5.74, 6) is -0.118. The molecule has 0 aliphatic carbocycles. The number of piperidine rings is 1. The maximum Gasteiger partial charge on any atom is 0.253 e. The van der Waals surface area contributed by atoms with Gasteiger partial charge in [-0.25, -0.2) is 13.1 Å². The van der Waals surface area contributed by atoms with E-state index in [-0.39, 0.29) is 22.9 Å². The zero-order chi connectivity index (χ0) is 18.2. The van der Waals surface area contributed by atoms with Gasteiger partial charge >= 0.3 is 0 Å². The Morgan fingerprint density at radius 2 is 1.88 bits per heavy atom. The van der Waals surface area contributed by atoms with Crippen LogP contribution in [0.15, 0.2) is 29.2 Å². The number of benzene rings is 1. The number of amides is 1. The molecule has 1 amide bonds. The molecule has 2 aliphatic heterocycles. The van der Waals surface area contributed by atoms with Gasteiger partial charge in [-0.2, -0.15) is 0 Å². The van der Waals surface area contributed by atoms with Gasteiger partial charge in [0.2, 0.25) is 10.0 Å². The number of carbonyl (C=O) groups excluding carboxylic acids is 1. The molecule has 2 atom stereocenters. The molecule has 138 valence electrons. The van der Waals surface area contributed by atoms with E-state index in [1.807, 2.05) is 7.05 Å². The van der Waals surface area contributed by atoms with E-state index in [4.69, 9.17) is 0 Å². The molecule has 2 aliphatic rings. The SMILES string of the molecule is CC(C)NS(=O)(=O)c1cccc(C(=O)N(C)C2CC3CCC(C2)N3)c1. The fourth-order valence-corrected chi connectivity index (χ4v) is 5.18. The van der Waals surface area contributed by atoms with Gasteiger partial charge in [-0.3, -0.25) is 4.79 Å². The van der Waals surface area contributed by atoms with Crippen molar-refractivity contribution >= 4 is 15.9 Å². The van der Waals surface area contributed by atoms with Crippen LogP contribution in [0.1, 0.15) is 49.9 Å². The fraction of sp³-hybridized carbons (Fsp3) is 0.611. The van der Waals surface area contributed by atoms with Crippen LogP contribution in [0.3, 0.4) is 0 Å². The van der Waals surface area contributed by atoms with E-state index >= 15 is 0 Å². The van der Waals surface area contributed by atoms with Gasteiger partial charge in [0.25, 0.3) is 5.91 Å². The summed E-state index contributed by atoms with van der Waals surface area (Å²) < 4.78 is 27.2. The molecule has 0 saturated carbocycles. The molecular weight excluding hydrogens is 338 g/mol. The van der Waals surface area contributed by atoms with Crippen LogP contribution in [0.4, 0.5) is 0 Å². The average molecular weight is 365 g/mol. The lowest BCUT2D eigenvalue weighted by Crippen LogP contribution is -2.48. The highest BCUT2D eigenvalue weighted by Crippen LogP contribution is 2.30. The van der Waals surface area contributed by atoms with E-state index in [1.165, 1.54) is 25.0 Å². The Hall–Kier alpha value is -1.44. The molecule has 2 unspecified atom stereocenters. The summed E-state index contributed by atoms with van der Waals surface area (Å²) in [5, 5.41) is 3.58. The van der Waals surface area contributed by atoms with Crippen molar-refractivity contribution in [1.29, 1.82) is 0 Å². The predicted octanol–water partition coefficient (Wildman–Crippen LogP) is 1.73. The lowest BCUT2D eigenvalue weighted by molar-refractivity contribution is 0.0681.